The van der Waals surface area contributed by atoms with Gasteiger partial charge in [-0.3, -0.25) is 0 Å². The van der Waals surface area contributed by atoms with E-state index in [0.717, 1.165) is 22.3 Å². The molecule has 3 rings (SSSR count). The van der Waals surface area contributed by atoms with Gasteiger partial charge < -0.3 is 14.7 Å². The van der Waals surface area contributed by atoms with Gasteiger partial charge in [0, 0.05) is 47.4 Å². The Balaban J connectivity index is 0.000000392. The zero-order chi connectivity index (χ0) is 20.4. The van der Waals surface area contributed by atoms with Crippen molar-refractivity contribution in [2.45, 2.75) is 40.3 Å². The highest BCUT2D eigenvalue weighted by Gasteiger charge is 2.10. The lowest BCUT2D eigenvalue weighted by atomic mass is 10.1. The molecule has 0 saturated heterocycles. The highest BCUT2D eigenvalue weighted by Crippen LogP contribution is 2.26. The molecule has 27 heavy (non-hydrogen) atoms. The number of aliphatic hydroxyl groups excluding tert-OH is 1. The van der Waals surface area contributed by atoms with Gasteiger partial charge in [-0.05, 0) is 37.6 Å². The summed E-state index contributed by atoms with van der Waals surface area (Å²) in [6, 6.07) is 7.89. The third-order valence-electron chi connectivity index (χ3n) is 3.63. The number of aromatic nitrogens is 3. The van der Waals surface area contributed by atoms with Crippen molar-refractivity contribution in [3.05, 3.63) is 67.2 Å². The summed E-state index contributed by atoms with van der Waals surface area (Å²) in [5.41, 5.74) is 4.72. The first-order valence-corrected chi connectivity index (χ1v) is 8.94. The molecule has 1 atom stereocenters. The number of aryl methyl sites for hydroxylation is 1. The number of nitriles is 1. The summed E-state index contributed by atoms with van der Waals surface area (Å²) in [5.74, 6) is 0. The van der Waals surface area contributed by atoms with Gasteiger partial charge in [0.15, 0.2) is 0 Å². The Kier molecular flexibility index (Phi) is 8.77. The minimum atomic E-state index is -0.343. The van der Waals surface area contributed by atoms with Crippen LogP contribution in [-0.4, -0.2) is 25.7 Å². The number of hydrogen-bond acceptors (Lipinski definition) is 3. The van der Waals surface area contributed by atoms with Crippen molar-refractivity contribution in [1.82, 2.24) is 14.5 Å². The van der Waals surface area contributed by atoms with E-state index in [4.69, 9.17) is 5.26 Å². The number of aromatic amines is 1. The van der Waals surface area contributed by atoms with Crippen LogP contribution in [0.1, 0.15) is 26.3 Å². The van der Waals surface area contributed by atoms with E-state index < -0.39 is 0 Å². The molecule has 0 radical (unpaired) electrons. The van der Waals surface area contributed by atoms with Crippen molar-refractivity contribution in [2.75, 3.05) is 0 Å². The Labute approximate surface area is 161 Å². The van der Waals surface area contributed by atoms with Crippen LogP contribution in [0.5, 0.6) is 0 Å². The van der Waals surface area contributed by atoms with Crippen LogP contribution >= 0.6 is 0 Å². The van der Waals surface area contributed by atoms with Gasteiger partial charge in [-0.15, -0.1) is 0 Å². The summed E-state index contributed by atoms with van der Waals surface area (Å²) in [6.45, 7) is 15.1. The van der Waals surface area contributed by atoms with Crippen molar-refractivity contribution in [3.63, 3.8) is 0 Å². The standard InChI is InChI=1S/C15H17N3O.C5H5N.C2H6/c1-10-7-18(8-11(2)19)9-13(10)14-6-12-4-3-5-16-15(12)17-14;1-3-5(2)4-6;1-2/h3-7,9,11,19H,8H2,1-2H3,(H,16,17);3H,1-2H2;1-2H3. The number of hydrogen-bond donors (Lipinski definition) is 2. The van der Waals surface area contributed by atoms with Gasteiger partial charge in [-0.2, -0.15) is 5.26 Å². The lowest BCUT2D eigenvalue weighted by molar-refractivity contribution is 0.174. The molecule has 0 aromatic carbocycles. The van der Waals surface area contributed by atoms with Crippen molar-refractivity contribution in [1.29, 1.82) is 5.26 Å². The van der Waals surface area contributed by atoms with Crippen LogP contribution in [0.3, 0.4) is 0 Å². The van der Waals surface area contributed by atoms with Crippen molar-refractivity contribution < 1.29 is 5.11 Å². The molecule has 2 N–H and O–H groups in total. The fourth-order valence-electron chi connectivity index (χ4n) is 2.46. The van der Waals surface area contributed by atoms with Crippen LogP contribution in [0, 0.1) is 18.3 Å². The molecule has 5 nitrogen and oxygen atoms in total. The van der Waals surface area contributed by atoms with Gasteiger partial charge in [-0.1, -0.05) is 33.1 Å². The molecule has 0 aliphatic carbocycles. The van der Waals surface area contributed by atoms with E-state index in [2.05, 4.69) is 48.5 Å². The topological polar surface area (TPSA) is 77.6 Å². The van der Waals surface area contributed by atoms with E-state index in [1.165, 1.54) is 11.6 Å². The summed E-state index contributed by atoms with van der Waals surface area (Å²) in [5, 5.41) is 18.5. The SMILES string of the molecule is C=CC(=C)C#N.CC.Cc1cn(CC(C)O)cc1-c1cc2cccnc2[nH]1. The molecule has 142 valence electrons. The maximum absolute atomic E-state index is 9.45. The second-order valence-electron chi connectivity index (χ2n) is 5.87. The molecule has 0 aliphatic rings. The van der Waals surface area contributed by atoms with Crippen molar-refractivity contribution in [2.24, 2.45) is 0 Å². The molecule has 0 saturated carbocycles. The van der Waals surface area contributed by atoms with E-state index in [1.807, 2.05) is 30.5 Å². The number of allylic oxidation sites excluding steroid dienone is 2. The molecule has 0 amide bonds. The number of pyridine rings is 1. The molecule has 5 heteroatoms. The predicted molar refractivity (Wildman–Crippen MR) is 112 cm³/mol. The van der Waals surface area contributed by atoms with Crippen LogP contribution in [0.4, 0.5) is 0 Å². The second-order valence-corrected chi connectivity index (χ2v) is 5.87. The molecular formula is C22H28N4O. The fraction of sp³-hybridized carbons (Fsp3) is 0.273. The number of nitrogens with one attached hydrogen (secondary N) is 1. The molecule has 3 heterocycles. The third-order valence-corrected chi connectivity index (χ3v) is 3.63. The number of nitrogens with zero attached hydrogens (tertiary/aromatic N) is 3. The van der Waals surface area contributed by atoms with Gasteiger partial charge in [0.1, 0.15) is 5.65 Å². The lowest BCUT2D eigenvalue weighted by Crippen LogP contribution is -2.09. The summed E-state index contributed by atoms with van der Waals surface area (Å²) < 4.78 is 2.02. The molecule has 3 aromatic rings. The summed E-state index contributed by atoms with van der Waals surface area (Å²) in [7, 11) is 0. The van der Waals surface area contributed by atoms with E-state index in [-0.39, 0.29) is 6.10 Å². The second kappa shape index (κ2) is 10.8. The molecule has 3 aromatic heterocycles. The summed E-state index contributed by atoms with van der Waals surface area (Å²) in [4.78, 5) is 7.64. The predicted octanol–water partition coefficient (Wildman–Crippen LogP) is 5.00. The average Bonchev–Trinajstić information content (AvgIpc) is 3.25. The monoisotopic (exact) mass is 364 g/mol. The first kappa shape index (κ1) is 21.9. The van der Waals surface area contributed by atoms with Gasteiger partial charge in [0.05, 0.1) is 12.2 Å². The summed E-state index contributed by atoms with van der Waals surface area (Å²) in [6.07, 6.45) is 6.98. The molecule has 0 fully saturated rings. The molecule has 0 aliphatic heterocycles. The fourth-order valence-corrected chi connectivity index (χ4v) is 2.46. The number of fused-ring (bicyclic) bond motifs is 1. The molecule has 1 unspecified atom stereocenters. The molecule has 0 spiro atoms. The zero-order valence-corrected chi connectivity index (χ0v) is 16.5. The minimum absolute atomic E-state index is 0.343. The Morgan fingerprint density at radius 3 is 2.67 bits per heavy atom. The number of rotatable bonds is 4. The Morgan fingerprint density at radius 2 is 2.15 bits per heavy atom. The van der Waals surface area contributed by atoms with Gasteiger partial charge in [-0.25, -0.2) is 4.98 Å². The minimum Gasteiger partial charge on any atom is -0.392 e. The largest absolute Gasteiger partial charge is 0.392 e. The first-order chi connectivity index (χ1) is 12.9. The maximum Gasteiger partial charge on any atom is 0.137 e. The lowest BCUT2D eigenvalue weighted by Gasteiger charge is -2.04. The Morgan fingerprint density at radius 1 is 1.44 bits per heavy atom. The smallest absolute Gasteiger partial charge is 0.137 e. The van der Waals surface area contributed by atoms with E-state index in [9.17, 15) is 5.11 Å². The van der Waals surface area contributed by atoms with Crippen LogP contribution in [0.25, 0.3) is 22.3 Å². The highest BCUT2D eigenvalue weighted by molar-refractivity contribution is 5.83. The number of aliphatic hydroxyl groups is 1. The molecule has 0 bridgehead atoms. The van der Waals surface area contributed by atoms with Crippen LogP contribution in [-0.2, 0) is 6.54 Å². The van der Waals surface area contributed by atoms with E-state index in [0.29, 0.717) is 12.1 Å². The highest BCUT2D eigenvalue weighted by atomic mass is 16.3. The average molecular weight is 364 g/mol. The normalized spacial score (nSPS) is 10.7. The first-order valence-electron chi connectivity index (χ1n) is 8.94. The number of H-pyrrole nitrogens is 1. The van der Waals surface area contributed by atoms with Gasteiger partial charge >= 0.3 is 0 Å². The van der Waals surface area contributed by atoms with Crippen molar-refractivity contribution in [3.8, 4) is 17.3 Å². The third kappa shape index (κ3) is 6.28. The molecular weight excluding hydrogens is 336 g/mol. The van der Waals surface area contributed by atoms with E-state index in [1.54, 1.807) is 19.2 Å². The van der Waals surface area contributed by atoms with E-state index >= 15 is 0 Å². The van der Waals surface area contributed by atoms with Crippen LogP contribution in [0.2, 0.25) is 0 Å². The van der Waals surface area contributed by atoms with Crippen molar-refractivity contribution >= 4 is 11.0 Å². The summed E-state index contributed by atoms with van der Waals surface area (Å²) >= 11 is 0. The zero-order valence-electron chi connectivity index (χ0n) is 16.5. The maximum atomic E-state index is 9.45. The van der Waals surface area contributed by atoms with Crippen LogP contribution < -0.4 is 0 Å². The van der Waals surface area contributed by atoms with Crippen LogP contribution in [0.15, 0.2) is 61.6 Å². The van der Waals surface area contributed by atoms with Gasteiger partial charge in [0.25, 0.3) is 0 Å². The Bertz CT molecular complexity index is 892. The Hall–Kier alpha value is -3.10. The quantitative estimate of drug-likeness (QED) is 0.505. The van der Waals surface area contributed by atoms with Gasteiger partial charge in [0.2, 0.25) is 0 Å².